The van der Waals surface area contributed by atoms with Gasteiger partial charge in [-0.25, -0.2) is 4.98 Å². The number of nitrogens with zero attached hydrogens (tertiary/aromatic N) is 2. The molecule has 0 aliphatic heterocycles. The van der Waals surface area contributed by atoms with Crippen LogP contribution in [0.25, 0.3) is 11.0 Å². The highest BCUT2D eigenvalue weighted by Crippen LogP contribution is 2.26. The van der Waals surface area contributed by atoms with Gasteiger partial charge in [-0.2, -0.15) is 0 Å². The number of hydrogen-bond donors (Lipinski definition) is 1. The van der Waals surface area contributed by atoms with Gasteiger partial charge in [-0.05, 0) is 43.2 Å². The zero-order chi connectivity index (χ0) is 20.2. The van der Waals surface area contributed by atoms with Gasteiger partial charge in [0, 0.05) is 18.5 Å². The quantitative estimate of drug-likeness (QED) is 0.513. The zero-order valence-electron chi connectivity index (χ0n) is 16.8. The molecule has 1 N–H and O–H groups in total. The highest BCUT2D eigenvalue weighted by Gasteiger charge is 2.17. The minimum Gasteiger partial charge on any atom is -0.352 e. The van der Waals surface area contributed by atoms with Crippen LogP contribution in [0.5, 0.6) is 0 Å². The molecule has 4 nitrogen and oxygen atoms in total. The predicted octanol–water partition coefficient (Wildman–Crippen LogP) is 4.93. The Morgan fingerprint density at radius 2 is 1.66 bits per heavy atom. The first-order valence-corrected chi connectivity index (χ1v) is 10.00. The predicted molar refractivity (Wildman–Crippen MR) is 117 cm³/mol. The molecule has 146 valence electrons. The molecule has 1 unspecified atom stereocenters. The lowest BCUT2D eigenvalue weighted by Gasteiger charge is -2.18. The van der Waals surface area contributed by atoms with Crippen molar-refractivity contribution in [1.29, 1.82) is 0 Å². The highest BCUT2D eigenvalue weighted by atomic mass is 16.1. The third-order valence-electron chi connectivity index (χ3n) is 5.36. The van der Waals surface area contributed by atoms with E-state index >= 15 is 0 Å². The first-order chi connectivity index (χ1) is 14.1. The first-order valence-electron chi connectivity index (χ1n) is 10.00. The molecule has 1 amide bonds. The van der Waals surface area contributed by atoms with E-state index in [4.69, 9.17) is 4.98 Å². The lowest BCUT2D eigenvalue weighted by molar-refractivity contribution is 0.0953. The first kappa shape index (κ1) is 18.9. The minimum atomic E-state index is -0.0399. The van der Waals surface area contributed by atoms with Gasteiger partial charge in [-0.3, -0.25) is 4.79 Å². The van der Waals surface area contributed by atoms with Crippen LogP contribution in [0.3, 0.4) is 0 Å². The Labute approximate surface area is 171 Å². The van der Waals surface area contributed by atoms with Crippen molar-refractivity contribution in [2.75, 3.05) is 6.54 Å². The van der Waals surface area contributed by atoms with Crippen molar-refractivity contribution in [2.24, 2.45) is 0 Å². The van der Waals surface area contributed by atoms with Crippen LogP contribution in [0, 0.1) is 6.92 Å². The van der Waals surface area contributed by atoms with Crippen LogP contribution in [-0.2, 0) is 6.42 Å². The Morgan fingerprint density at radius 3 is 2.45 bits per heavy atom. The third kappa shape index (κ3) is 3.92. The van der Waals surface area contributed by atoms with Gasteiger partial charge in [0.15, 0.2) is 0 Å². The normalized spacial score (nSPS) is 12.1. The maximum atomic E-state index is 12.5. The van der Waals surface area contributed by atoms with Gasteiger partial charge in [0.2, 0.25) is 0 Å². The number of carbonyl (C=O) groups is 1. The highest BCUT2D eigenvalue weighted by molar-refractivity contribution is 5.95. The van der Waals surface area contributed by atoms with Crippen molar-refractivity contribution in [3.63, 3.8) is 0 Å². The number of benzene rings is 3. The second-order valence-corrected chi connectivity index (χ2v) is 7.29. The molecule has 3 aromatic carbocycles. The van der Waals surface area contributed by atoms with Gasteiger partial charge in [-0.15, -0.1) is 0 Å². The molecule has 1 aromatic heterocycles. The van der Waals surface area contributed by atoms with E-state index in [-0.39, 0.29) is 11.9 Å². The van der Waals surface area contributed by atoms with Gasteiger partial charge in [0.1, 0.15) is 5.82 Å². The smallest absolute Gasteiger partial charge is 0.251 e. The van der Waals surface area contributed by atoms with Crippen molar-refractivity contribution >= 4 is 16.9 Å². The number of fused-ring (bicyclic) bond motifs is 1. The van der Waals surface area contributed by atoms with Crippen LogP contribution in [-0.4, -0.2) is 22.0 Å². The fraction of sp³-hybridized carbons (Fsp3) is 0.200. The summed E-state index contributed by atoms with van der Waals surface area (Å²) in [6.45, 7) is 4.69. The second-order valence-electron chi connectivity index (χ2n) is 7.29. The van der Waals surface area contributed by atoms with E-state index < -0.39 is 0 Å². The summed E-state index contributed by atoms with van der Waals surface area (Å²) in [5.74, 6) is 0.939. The Balaban J connectivity index is 1.57. The average Bonchev–Trinajstić information content (AvgIpc) is 3.12. The van der Waals surface area contributed by atoms with E-state index in [1.807, 2.05) is 55.5 Å². The molecule has 4 aromatic rings. The number of carbonyl (C=O) groups excluding carboxylic acids is 1. The largest absolute Gasteiger partial charge is 0.352 e. The molecule has 0 fully saturated rings. The molecule has 4 heteroatoms. The summed E-state index contributed by atoms with van der Waals surface area (Å²) >= 11 is 0. The fourth-order valence-corrected chi connectivity index (χ4v) is 3.79. The van der Waals surface area contributed by atoms with Crippen molar-refractivity contribution in [2.45, 2.75) is 26.3 Å². The Bertz CT molecular complexity index is 1130. The third-order valence-corrected chi connectivity index (χ3v) is 5.36. The molecule has 0 aliphatic rings. The number of aromatic nitrogens is 2. The number of imidazole rings is 1. The summed E-state index contributed by atoms with van der Waals surface area (Å²) in [5, 5.41) is 3.05. The van der Waals surface area contributed by atoms with E-state index in [2.05, 4.69) is 47.1 Å². The molecule has 4 rings (SSSR count). The Hall–Kier alpha value is -3.40. The summed E-state index contributed by atoms with van der Waals surface area (Å²) in [5.41, 5.74) is 5.04. The monoisotopic (exact) mass is 383 g/mol. The topological polar surface area (TPSA) is 46.9 Å². The molecular weight excluding hydrogens is 358 g/mol. The number of aryl methyl sites for hydroxylation is 1. The van der Waals surface area contributed by atoms with E-state index in [0.717, 1.165) is 28.0 Å². The van der Waals surface area contributed by atoms with Crippen molar-refractivity contribution in [1.82, 2.24) is 14.9 Å². The van der Waals surface area contributed by atoms with Crippen molar-refractivity contribution in [3.05, 3.63) is 101 Å². The molecule has 1 heterocycles. The molecular formula is C25H25N3O. The van der Waals surface area contributed by atoms with Gasteiger partial charge in [-0.1, -0.05) is 60.7 Å². The standard InChI is InChI=1S/C25H25N3O/c1-18-10-6-7-13-21(18)25(29)26-17-16-24-27-22-14-8-9-15-23(22)28(24)19(2)20-11-4-3-5-12-20/h3-15,19H,16-17H2,1-2H3,(H,26,29). The summed E-state index contributed by atoms with van der Waals surface area (Å²) in [7, 11) is 0. The van der Waals surface area contributed by atoms with Gasteiger partial charge < -0.3 is 9.88 Å². The lowest BCUT2D eigenvalue weighted by Crippen LogP contribution is -2.27. The van der Waals surface area contributed by atoms with Crippen LogP contribution >= 0.6 is 0 Å². The number of rotatable bonds is 6. The van der Waals surface area contributed by atoms with Crippen molar-refractivity contribution < 1.29 is 4.79 Å². The number of amides is 1. The minimum absolute atomic E-state index is 0.0399. The van der Waals surface area contributed by atoms with Gasteiger partial charge in [0.05, 0.1) is 17.1 Å². The molecule has 0 radical (unpaired) electrons. The zero-order valence-corrected chi connectivity index (χ0v) is 16.8. The van der Waals surface area contributed by atoms with Crippen molar-refractivity contribution in [3.8, 4) is 0 Å². The fourth-order valence-electron chi connectivity index (χ4n) is 3.79. The number of para-hydroxylation sites is 2. The van der Waals surface area contributed by atoms with Crippen LogP contribution in [0.4, 0.5) is 0 Å². The SMILES string of the molecule is Cc1ccccc1C(=O)NCCc1nc2ccccc2n1C(C)c1ccccc1. The molecule has 0 spiro atoms. The van der Waals surface area contributed by atoms with E-state index in [1.165, 1.54) is 5.56 Å². The van der Waals surface area contributed by atoms with Gasteiger partial charge >= 0.3 is 0 Å². The van der Waals surface area contributed by atoms with Crippen LogP contribution < -0.4 is 5.32 Å². The molecule has 0 saturated heterocycles. The van der Waals surface area contributed by atoms with E-state index in [0.29, 0.717) is 13.0 Å². The van der Waals surface area contributed by atoms with Gasteiger partial charge in [0.25, 0.3) is 5.91 Å². The molecule has 1 atom stereocenters. The van der Waals surface area contributed by atoms with E-state index in [1.54, 1.807) is 0 Å². The summed E-state index contributed by atoms with van der Waals surface area (Å²) in [6, 6.07) is 26.5. The maximum Gasteiger partial charge on any atom is 0.251 e. The molecule has 29 heavy (non-hydrogen) atoms. The van der Waals surface area contributed by atoms with Crippen LogP contribution in [0.2, 0.25) is 0 Å². The summed E-state index contributed by atoms with van der Waals surface area (Å²) in [4.78, 5) is 17.4. The summed E-state index contributed by atoms with van der Waals surface area (Å²) < 4.78 is 2.28. The molecule has 0 aliphatic carbocycles. The molecule has 0 saturated carbocycles. The van der Waals surface area contributed by atoms with E-state index in [9.17, 15) is 4.79 Å². The molecule has 0 bridgehead atoms. The number of nitrogens with one attached hydrogen (secondary N) is 1. The lowest BCUT2D eigenvalue weighted by atomic mass is 10.1. The second kappa shape index (κ2) is 8.31. The Kier molecular flexibility index (Phi) is 5.43. The number of hydrogen-bond acceptors (Lipinski definition) is 2. The maximum absolute atomic E-state index is 12.5. The average molecular weight is 383 g/mol. The Morgan fingerprint density at radius 1 is 0.966 bits per heavy atom. The summed E-state index contributed by atoms with van der Waals surface area (Å²) in [6.07, 6.45) is 0.670. The van der Waals surface area contributed by atoms with Crippen LogP contribution in [0.1, 0.15) is 40.3 Å². The van der Waals surface area contributed by atoms with Crippen LogP contribution in [0.15, 0.2) is 78.9 Å².